The molecule has 0 aromatic heterocycles. The van der Waals surface area contributed by atoms with Crippen LogP contribution in [0.5, 0.6) is 0 Å². The van der Waals surface area contributed by atoms with E-state index in [0.717, 1.165) is 19.3 Å². The van der Waals surface area contributed by atoms with Gasteiger partial charge in [-0.2, -0.15) is 0 Å². The summed E-state index contributed by atoms with van der Waals surface area (Å²) >= 11 is 0. The van der Waals surface area contributed by atoms with E-state index in [4.69, 9.17) is 0 Å². The molecule has 3 amide bonds. The third-order valence-electron chi connectivity index (χ3n) is 3.85. The van der Waals surface area contributed by atoms with Crippen LogP contribution < -0.4 is 16.0 Å². The molecule has 0 radical (unpaired) electrons. The van der Waals surface area contributed by atoms with Crippen molar-refractivity contribution in [1.29, 1.82) is 0 Å². The van der Waals surface area contributed by atoms with Crippen LogP contribution in [0.25, 0.3) is 0 Å². The van der Waals surface area contributed by atoms with Gasteiger partial charge in [-0.1, -0.05) is 18.2 Å². The minimum atomic E-state index is -0.0926. The molecule has 5 nitrogen and oxygen atoms in total. The van der Waals surface area contributed by atoms with E-state index in [1.165, 1.54) is 0 Å². The summed E-state index contributed by atoms with van der Waals surface area (Å²) in [5, 5.41) is 8.84. The highest BCUT2D eigenvalue weighted by atomic mass is 16.2. The molecule has 3 N–H and O–H groups in total. The molecule has 1 saturated carbocycles. The second-order valence-corrected chi connectivity index (χ2v) is 5.18. The molecule has 3 rings (SSSR count). The van der Waals surface area contributed by atoms with Gasteiger partial charge in [0.1, 0.15) is 0 Å². The first-order valence-corrected chi connectivity index (χ1v) is 6.65. The van der Waals surface area contributed by atoms with Crippen molar-refractivity contribution < 1.29 is 9.59 Å². The first kappa shape index (κ1) is 12.0. The molecule has 1 aliphatic heterocycles. The number of carbonyl (C=O) groups is 2. The summed E-state index contributed by atoms with van der Waals surface area (Å²) in [5.41, 5.74) is 0.679. The van der Waals surface area contributed by atoms with Crippen LogP contribution in [-0.4, -0.2) is 30.1 Å². The van der Waals surface area contributed by atoms with Crippen molar-refractivity contribution in [2.45, 2.75) is 37.4 Å². The first-order chi connectivity index (χ1) is 9.22. The number of benzene rings is 1. The van der Waals surface area contributed by atoms with Crippen LogP contribution in [0.15, 0.2) is 30.3 Å². The molecule has 1 saturated heterocycles. The fourth-order valence-corrected chi connectivity index (χ4v) is 2.87. The van der Waals surface area contributed by atoms with Crippen LogP contribution >= 0.6 is 0 Å². The van der Waals surface area contributed by atoms with Gasteiger partial charge in [-0.3, -0.25) is 4.79 Å². The topological polar surface area (TPSA) is 70.2 Å². The van der Waals surface area contributed by atoms with Gasteiger partial charge in [0, 0.05) is 11.6 Å². The molecule has 1 aliphatic carbocycles. The number of nitrogens with one attached hydrogen (secondary N) is 3. The summed E-state index contributed by atoms with van der Waals surface area (Å²) in [5.74, 6) is -0.0404. The van der Waals surface area contributed by atoms with E-state index in [1.807, 2.05) is 18.2 Å². The molecule has 1 aromatic rings. The average molecular weight is 259 g/mol. The SMILES string of the molecule is O=C1NC2CCC(NC(=O)c3ccccc3)CC2N1. The minimum absolute atomic E-state index is 0.0404. The largest absolute Gasteiger partial charge is 0.349 e. The van der Waals surface area contributed by atoms with Gasteiger partial charge in [0.2, 0.25) is 0 Å². The van der Waals surface area contributed by atoms with E-state index < -0.39 is 0 Å². The summed E-state index contributed by atoms with van der Waals surface area (Å²) in [6.45, 7) is 0. The highest BCUT2D eigenvalue weighted by Gasteiger charge is 2.37. The van der Waals surface area contributed by atoms with Gasteiger partial charge < -0.3 is 16.0 Å². The van der Waals surface area contributed by atoms with Gasteiger partial charge in [-0.25, -0.2) is 4.79 Å². The molecular formula is C14H17N3O2. The quantitative estimate of drug-likeness (QED) is 0.742. The molecule has 100 valence electrons. The third kappa shape index (κ3) is 2.54. The molecule has 3 unspecified atom stereocenters. The van der Waals surface area contributed by atoms with Gasteiger partial charge in [0.05, 0.1) is 12.1 Å². The number of urea groups is 1. The molecule has 1 aromatic carbocycles. The normalized spacial score (nSPS) is 29.1. The smallest absolute Gasteiger partial charge is 0.315 e. The van der Waals surface area contributed by atoms with Crippen LogP contribution in [0.1, 0.15) is 29.6 Å². The fraction of sp³-hybridized carbons (Fsp3) is 0.429. The number of hydrogen-bond acceptors (Lipinski definition) is 2. The lowest BCUT2D eigenvalue weighted by molar-refractivity contribution is 0.0922. The predicted octanol–water partition coefficient (Wildman–Crippen LogP) is 1.02. The zero-order valence-electron chi connectivity index (χ0n) is 10.6. The molecule has 1 heterocycles. The Morgan fingerprint density at radius 3 is 2.63 bits per heavy atom. The number of rotatable bonds is 2. The zero-order chi connectivity index (χ0) is 13.2. The first-order valence-electron chi connectivity index (χ1n) is 6.65. The molecule has 0 bridgehead atoms. The Kier molecular flexibility index (Phi) is 3.11. The Balaban J connectivity index is 1.59. The summed E-state index contributed by atoms with van der Waals surface area (Å²) in [4.78, 5) is 23.3. The standard InChI is InChI=1S/C14H17N3O2/c18-13(9-4-2-1-3-5-9)15-10-6-7-11-12(8-10)17-14(19)16-11/h1-5,10-12H,6-8H2,(H,15,18)(H2,16,17,19). The molecule has 0 spiro atoms. The Labute approximate surface area is 111 Å². The molecule has 2 aliphatic rings. The third-order valence-corrected chi connectivity index (χ3v) is 3.85. The highest BCUT2D eigenvalue weighted by molar-refractivity contribution is 5.94. The molecule has 2 fully saturated rings. The van der Waals surface area contributed by atoms with Crippen molar-refractivity contribution in [1.82, 2.24) is 16.0 Å². The van der Waals surface area contributed by atoms with E-state index in [-0.39, 0.29) is 30.1 Å². The maximum Gasteiger partial charge on any atom is 0.315 e. The Bertz CT molecular complexity index is 489. The van der Waals surface area contributed by atoms with E-state index in [2.05, 4.69) is 16.0 Å². The van der Waals surface area contributed by atoms with Gasteiger partial charge in [0.25, 0.3) is 5.91 Å². The van der Waals surface area contributed by atoms with Gasteiger partial charge in [0.15, 0.2) is 0 Å². The Hall–Kier alpha value is -2.04. The van der Waals surface area contributed by atoms with Crippen molar-refractivity contribution >= 4 is 11.9 Å². The van der Waals surface area contributed by atoms with Gasteiger partial charge in [-0.15, -0.1) is 0 Å². The molecular weight excluding hydrogens is 242 g/mol. The predicted molar refractivity (Wildman–Crippen MR) is 70.8 cm³/mol. The van der Waals surface area contributed by atoms with E-state index in [1.54, 1.807) is 12.1 Å². The maximum absolute atomic E-state index is 12.1. The Morgan fingerprint density at radius 2 is 1.84 bits per heavy atom. The minimum Gasteiger partial charge on any atom is -0.349 e. The monoisotopic (exact) mass is 259 g/mol. The van der Waals surface area contributed by atoms with Crippen molar-refractivity contribution in [3.63, 3.8) is 0 Å². The lowest BCUT2D eigenvalue weighted by Crippen LogP contribution is -2.47. The van der Waals surface area contributed by atoms with Gasteiger partial charge >= 0.3 is 6.03 Å². The van der Waals surface area contributed by atoms with Crippen molar-refractivity contribution in [2.75, 3.05) is 0 Å². The second kappa shape index (κ2) is 4.91. The summed E-state index contributed by atoms with van der Waals surface area (Å²) < 4.78 is 0. The fourth-order valence-electron chi connectivity index (χ4n) is 2.87. The number of amides is 3. The van der Waals surface area contributed by atoms with Crippen LogP contribution in [-0.2, 0) is 0 Å². The second-order valence-electron chi connectivity index (χ2n) is 5.18. The van der Waals surface area contributed by atoms with Gasteiger partial charge in [-0.05, 0) is 31.4 Å². The van der Waals surface area contributed by atoms with Crippen molar-refractivity contribution in [3.8, 4) is 0 Å². The van der Waals surface area contributed by atoms with Crippen LogP contribution in [0.3, 0.4) is 0 Å². The van der Waals surface area contributed by atoms with Crippen molar-refractivity contribution in [2.24, 2.45) is 0 Å². The maximum atomic E-state index is 12.1. The number of hydrogen-bond donors (Lipinski definition) is 3. The van der Waals surface area contributed by atoms with Crippen molar-refractivity contribution in [3.05, 3.63) is 35.9 Å². The highest BCUT2D eigenvalue weighted by Crippen LogP contribution is 2.22. The van der Waals surface area contributed by atoms with Crippen LogP contribution in [0, 0.1) is 0 Å². The summed E-state index contributed by atoms with van der Waals surface area (Å²) in [7, 11) is 0. The molecule has 5 heteroatoms. The lowest BCUT2D eigenvalue weighted by atomic mass is 9.87. The van der Waals surface area contributed by atoms with E-state index in [0.29, 0.717) is 5.56 Å². The van der Waals surface area contributed by atoms with E-state index >= 15 is 0 Å². The van der Waals surface area contributed by atoms with Crippen LogP contribution in [0.4, 0.5) is 4.79 Å². The number of fused-ring (bicyclic) bond motifs is 1. The van der Waals surface area contributed by atoms with Crippen LogP contribution in [0.2, 0.25) is 0 Å². The summed E-state index contributed by atoms with van der Waals surface area (Å²) in [6.07, 6.45) is 2.60. The lowest BCUT2D eigenvalue weighted by Gasteiger charge is -2.31. The van der Waals surface area contributed by atoms with E-state index in [9.17, 15) is 9.59 Å². The Morgan fingerprint density at radius 1 is 1.11 bits per heavy atom. The zero-order valence-corrected chi connectivity index (χ0v) is 10.6. The average Bonchev–Trinajstić information content (AvgIpc) is 2.79. The summed E-state index contributed by atoms with van der Waals surface area (Å²) in [6, 6.07) is 9.61. The number of carbonyl (C=O) groups excluding carboxylic acids is 2. The molecule has 19 heavy (non-hydrogen) atoms. The molecule has 3 atom stereocenters.